The maximum Gasteiger partial charge on any atom is 0.331 e. The standard InChI is InChI=1S/C29H36O9/c1-15-10-19-20-7-9-29(23(33)14-37-17(3)30,38-24(34)11-16(2)26(35)36)28(20,5)13-22(32)25(19)27(4)8-6-18(31)12-21(15)27/h6,8,12,15,19-20,22,25,32H,2,7,9-11,13-14H2,1,3-5H3,(H,35,36)/t15-,19-,20-,22-,25+,27-,28-,29-/m0/s1. The van der Waals surface area contributed by atoms with E-state index in [1.54, 1.807) is 12.2 Å². The van der Waals surface area contributed by atoms with E-state index in [2.05, 4.69) is 13.5 Å². The van der Waals surface area contributed by atoms with Crippen molar-refractivity contribution in [3.8, 4) is 0 Å². The minimum absolute atomic E-state index is 0.0326. The van der Waals surface area contributed by atoms with E-state index in [0.29, 0.717) is 12.8 Å². The van der Waals surface area contributed by atoms with Crippen molar-refractivity contribution in [1.29, 1.82) is 0 Å². The molecule has 0 bridgehead atoms. The van der Waals surface area contributed by atoms with Crippen LogP contribution < -0.4 is 0 Å². The molecule has 0 aromatic rings. The summed E-state index contributed by atoms with van der Waals surface area (Å²) in [6, 6.07) is 0. The first kappa shape index (κ1) is 28.0. The Morgan fingerprint density at radius 3 is 2.53 bits per heavy atom. The zero-order valence-corrected chi connectivity index (χ0v) is 22.3. The van der Waals surface area contributed by atoms with Crippen molar-refractivity contribution in [3.63, 3.8) is 0 Å². The van der Waals surface area contributed by atoms with Crippen LogP contribution in [0.5, 0.6) is 0 Å². The lowest BCUT2D eigenvalue weighted by Gasteiger charge is -2.61. The predicted molar refractivity (Wildman–Crippen MR) is 134 cm³/mol. The molecule has 0 saturated heterocycles. The summed E-state index contributed by atoms with van der Waals surface area (Å²) in [5.74, 6) is -3.84. The number of hydrogen-bond donors (Lipinski definition) is 2. The van der Waals surface area contributed by atoms with Crippen molar-refractivity contribution in [2.24, 2.45) is 34.5 Å². The molecule has 0 aliphatic heterocycles. The average molecular weight is 529 g/mol. The molecule has 0 heterocycles. The number of carbonyl (C=O) groups is 5. The first-order valence-corrected chi connectivity index (χ1v) is 13.1. The second kappa shape index (κ2) is 9.59. The SMILES string of the molecule is C=C(CC(=O)O[C@]1(C(=O)COC(C)=O)CC[C@H]2[C@@H]3C[C@H](C)C4=CC(=O)C=C[C@]4(C)[C@H]3[C@@H](O)C[C@@]21C)C(=O)O. The highest BCUT2D eigenvalue weighted by Crippen LogP contribution is 2.68. The Kier molecular flexibility index (Phi) is 7.06. The lowest BCUT2D eigenvalue weighted by molar-refractivity contribution is -0.201. The summed E-state index contributed by atoms with van der Waals surface area (Å²) in [6.45, 7) is 9.92. The van der Waals surface area contributed by atoms with Crippen LogP contribution in [0.2, 0.25) is 0 Å². The fourth-order valence-corrected chi connectivity index (χ4v) is 8.18. The molecule has 9 nitrogen and oxygen atoms in total. The molecule has 0 radical (unpaired) electrons. The van der Waals surface area contributed by atoms with Gasteiger partial charge in [-0.15, -0.1) is 0 Å². The molecule has 0 spiro atoms. The van der Waals surface area contributed by atoms with Gasteiger partial charge in [0.25, 0.3) is 0 Å². The Balaban J connectivity index is 1.74. The third kappa shape index (κ3) is 4.25. The van der Waals surface area contributed by atoms with Crippen molar-refractivity contribution in [2.45, 2.75) is 71.5 Å². The van der Waals surface area contributed by atoms with Gasteiger partial charge < -0.3 is 19.7 Å². The summed E-state index contributed by atoms with van der Waals surface area (Å²) in [5.41, 5.74) is -2.58. The van der Waals surface area contributed by atoms with Crippen LogP contribution in [0.15, 0.2) is 36.0 Å². The number of ether oxygens (including phenoxy) is 2. The van der Waals surface area contributed by atoms with Crippen LogP contribution >= 0.6 is 0 Å². The largest absolute Gasteiger partial charge is 0.478 e. The molecule has 0 amide bonds. The van der Waals surface area contributed by atoms with Crippen molar-refractivity contribution >= 4 is 29.5 Å². The van der Waals surface area contributed by atoms with E-state index < -0.39 is 59.3 Å². The van der Waals surface area contributed by atoms with Crippen LogP contribution in [0, 0.1) is 34.5 Å². The Labute approximate surface area is 221 Å². The number of carboxylic acid groups (broad SMARTS) is 1. The van der Waals surface area contributed by atoms with Gasteiger partial charge in [-0.3, -0.25) is 19.2 Å². The smallest absolute Gasteiger partial charge is 0.331 e. The number of hydrogen-bond acceptors (Lipinski definition) is 8. The van der Waals surface area contributed by atoms with Crippen LogP contribution in [0.4, 0.5) is 0 Å². The second-order valence-corrected chi connectivity index (χ2v) is 11.9. The third-order valence-electron chi connectivity index (χ3n) is 9.74. The minimum Gasteiger partial charge on any atom is -0.478 e. The van der Waals surface area contributed by atoms with Gasteiger partial charge in [0.15, 0.2) is 18.0 Å². The van der Waals surface area contributed by atoms with Gasteiger partial charge in [0.1, 0.15) is 0 Å². The van der Waals surface area contributed by atoms with Gasteiger partial charge in [0, 0.05) is 29.2 Å². The second-order valence-electron chi connectivity index (χ2n) is 11.9. The number of carbonyl (C=O) groups excluding carboxylic acids is 4. The van der Waals surface area contributed by atoms with E-state index in [9.17, 15) is 34.2 Å². The van der Waals surface area contributed by atoms with Crippen LogP contribution in [0.3, 0.4) is 0 Å². The van der Waals surface area contributed by atoms with Gasteiger partial charge >= 0.3 is 17.9 Å². The number of allylic oxidation sites excluding steroid dienone is 4. The predicted octanol–water partition coefficient (Wildman–Crippen LogP) is 2.96. The molecule has 0 aromatic carbocycles. The normalized spacial score (nSPS) is 39.2. The van der Waals surface area contributed by atoms with Gasteiger partial charge in [-0.25, -0.2) is 4.79 Å². The van der Waals surface area contributed by atoms with Gasteiger partial charge in [-0.1, -0.05) is 39.0 Å². The molecule has 3 fully saturated rings. The highest BCUT2D eigenvalue weighted by atomic mass is 16.6. The van der Waals surface area contributed by atoms with Crippen LogP contribution in [0.25, 0.3) is 0 Å². The van der Waals surface area contributed by atoms with E-state index in [4.69, 9.17) is 9.47 Å². The molecule has 0 unspecified atom stereocenters. The molecule has 4 aliphatic carbocycles. The Bertz CT molecular complexity index is 1160. The molecule has 9 heteroatoms. The number of rotatable bonds is 7. The number of carboxylic acids is 1. The third-order valence-corrected chi connectivity index (χ3v) is 9.74. The Morgan fingerprint density at radius 1 is 1.21 bits per heavy atom. The molecule has 4 aliphatic rings. The summed E-state index contributed by atoms with van der Waals surface area (Å²) in [6.07, 6.45) is 5.21. The first-order chi connectivity index (χ1) is 17.7. The van der Waals surface area contributed by atoms with Crippen molar-refractivity contribution in [1.82, 2.24) is 0 Å². The molecular weight excluding hydrogens is 492 g/mol. The minimum atomic E-state index is -1.70. The average Bonchev–Trinajstić information content (AvgIpc) is 3.10. The monoisotopic (exact) mass is 528 g/mol. The number of esters is 2. The van der Waals surface area contributed by atoms with E-state index >= 15 is 0 Å². The molecule has 38 heavy (non-hydrogen) atoms. The van der Waals surface area contributed by atoms with Gasteiger partial charge in [-0.2, -0.15) is 0 Å². The highest BCUT2D eigenvalue weighted by molar-refractivity contribution is 6.01. The summed E-state index contributed by atoms with van der Waals surface area (Å²) in [4.78, 5) is 61.6. The molecule has 8 atom stereocenters. The zero-order chi connectivity index (χ0) is 28.2. The van der Waals surface area contributed by atoms with Crippen molar-refractivity contribution in [3.05, 3.63) is 36.0 Å². The maximum atomic E-state index is 13.7. The van der Waals surface area contributed by atoms with E-state index in [1.807, 2.05) is 19.9 Å². The molecule has 4 rings (SSSR count). The lowest BCUT2D eigenvalue weighted by Crippen LogP contribution is -2.63. The maximum absolute atomic E-state index is 13.7. The van der Waals surface area contributed by atoms with E-state index in [0.717, 1.165) is 5.57 Å². The summed E-state index contributed by atoms with van der Waals surface area (Å²) in [7, 11) is 0. The van der Waals surface area contributed by atoms with Gasteiger partial charge in [0.05, 0.1) is 12.5 Å². The summed E-state index contributed by atoms with van der Waals surface area (Å²) < 4.78 is 10.9. The lowest BCUT2D eigenvalue weighted by atomic mass is 9.44. The quantitative estimate of drug-likeness (QED) is 0.376. The number of aliphatic carboxylic acids is 1. The Hall–Kier alpha value is -3.07. The molecular formula is C29H36O9. The molecule has 0 aromatic heterocycles. The Morgan fingerprint density at radius 2 is 1.89 bits per heavy atom. The number of fused-ring (bicyclic) bond motifs is 5. The topological polar surface area (TPSA) is 144 Å². The number of Topliss-reactive ketones (excluding diaryl/α,β-unsaturated/α-hetero) is 1. The van der Waals surface area contributed by atoms with Crippen LogP contribution in [-0.4, -0.2) is 58.0 Å². The fraction of sp³-hybridized carbons (Fsp3) is 0.621. The van der Waals surface area contributed by atoms with Gasteiger partial charge in [-0.05, 0) is 55.6 Å². The molecule has 3 saturated carbocycles. The number of ketones is 2. The van der Waals surface area contributed by atoms with E-state index in [-0.39, 0.29) is 47.9 Å². The van der Waals surface area contributed by atoms with Crippen LogP contribution in [-0.2, 0) is 33.4 Å². The number of aliphatic hydroxyl groups is 1. The molecule has 2 N–H and O–H groups in total. The highest BCUT2D eigenvalue weighted by Gasteiger charge is 2.70. The first-order valence-electron chi connectivity index (χ1n) is 13.1. The summed E-state index contributed by atoms with van der Waals surface area (Å²) in [5, 5.41) is 20.9. The number of aliphatic hydroxyl groups excluding tert-OH is 1. The summed E-state index contributed by atoms with van der Waals surface area (Å²) >= 11 is 0. The van der Waals surface area contributed by atoms with Crippen molar-refractivity contribution in [2.75, 3.05) is 6.61 Å². The molecule has 206 valence electrons. The van der Waals surface area contributed by atoms with Gasteiger partial charge in [0.2, 0.25) is 5.78 Å². The van der Waals surface area contributed by atoms with Crippen molar-refractivity contribution < 1.29 is 43.7 Å². The van der Waals surface area contributed by atoms with E-state index in [1.165, 1.54) is 6.92 Å². The van der Waals surface area contributed by atoms with Crippen LogP contribution in [0.1, 0.15) is 59.8 Å². The fourth-order valence-electron chi connectivity index (χ4n) is 8.18. The zero-order valence-electron chi connectivity index (χ0n) is 22.3.